The van der Waals surface area contributed by atoms with E-state index >= 15 is 0 Å². The first-order chi connectivity index (χ1) is 21.4. The number of hydrogen-bond acceptors (Lipinski definition) is 4. The molecule has 44 heavy (non-hydrogen) atoms. The Kier molecular flexibility index (Phi) is 7.08. The van der Waals surface area contributed by atoms with Crippen molar-refractivity contribution < 1.29 is 9.53 Å². The number of carbonyl (C=O) groups excluding carboxylic acids is 1. The number of carbonyl (C=O) groups is 1. The molecular formula is C37H41N5O2. The number of hydrogen-bond donors (Lipinski definition) is 1. The minimum absolute atomic E-state index is 0.00126. The summed E-state index contributed by atoms with van der Waals surface area (Å²) in [5, 5.41) is 1.19. The fraction of sp³-hybridized carbons (Fsp3) is 0.351. The number of rotatable bonds is 9. The highest BCUT2D eigenvalue weighted by Crippen LogP contribution is 2.42. The Morgan fingerprint density at radius 1 is 1.07 bits per heavy atom. The maximum atomic E-state index is 13.7. The van der Waals surface area contributed by atoms with Crippen molar-refractivity contribution in [2.24, 2.45) is 24.1 Å². The van der Waals surface area contributed by atoms with Gasteiger partial charge >= 0.3 is 0 Å². The predicted octanol–water partition coefficient (Wildman–Crippen LogP) is 6.98. The van der Waals surface area contributed by atoms with Gasteiger partial charge in [0.25, 0.3) is 5.91 Å². The lowest BCUT2D eigenvalue weighted by Gasteiger charge is -2.56. The number of benzene rings is 3. The summed E-state index contributed by atoms with van der Waals surface area (Å²) in [6.45, 7) is 6.49. The van der Waals surface area contributed by atoms with E-state index in [0.717, 1.165) is 41.1 Å². The van der Waals surface area contributed by atoms with Gasteiger partial charge in [0, 0.05) is 54.6 Å². The number of amides is 1. The highest BCUT2D eigenvalue weighted by Gasteiger charge is 2.50. The van der Waals surface area contributed by atoms with Crippen molar-refractivity contribution >= 4 is 40.0 Å². The van der Waals surface area contributed by atoms with E-state index in [1.54, 1.807) is 7.11 Å². The van der Waals surface area contributed by atoms with E-state index in [1.165, 1.54) is 29.3 Å². The van der Waals surface area contributed by atoms with Crippen molar-refractivity contribution in [2.45, 2.75) is 45.7 Å². The largest absolute Gasteiger partial charge is 0.494 e. The zero-order valence-electron chi connectivity index (χ0n) is 26.1. The molecule has 2 aromatic heterocycles. The van der Waals surface area contributed by atoms with Crippen LogP contribution < -0.4 is 10.5 Å². The lowest BCUT2D eigenvalue weighted by Crippen LogP contribution is -2.67. The van der Waals surface area contributed by atoms with Crippen molar-refractivity contribution in [2.75, 3.05) is 20.2 Å². The molecule has 1 unspecified atom stereocenters. The van der Waals surface area contributed by atoms with Crippen LogP contribution in [-0.2, 0) is 13.6 Å². The maximum absolute atomic E-state index is 13.7. The average Bonchev–Trinajstić information content (AvgIpc) is 3.72. The fourth-order valence-electron chi connectivity index (χ4n) is 6.94. The van der Waals surface area contributed by atoms with Crippen LogP contribution in [0.15, 0.2) is 66.7 Å². The molecule has 2 fully saturated rings. The highest BCUT2D eigenvalue weighted by atomic mass is 16.5. The minimum Gasteiger partial charge on any atom is -0.494 e. The van der Waals surface area contributed by atoms with Crippen LogP contribution in [0.4, 0.5) is 0 Å². The molecule has 3 aromatic carbocycles. The molecule has 0 bridgehead atoms. The molecule has 1 saturated carbocycles. The van der Waals surface area contributed by atoms with Gasteiger partial charge in [-0.3, -0.25) is 4.79 Å². The summed E-state index contributed by atoms with van der Waals surface area (Å²) in [5.74, 6) is 2.21. The van der Waals surface area contributed by atoms with Gasteiger partial charge in [0.05, 0.1) is 18.3 Å². The SMILES string of the molecule is CC[C@@]1(CN)CN(C(=O)c2cc(OC)c3c(c2)nc(-c2cc4cc(/C=C/c5ccccc5)ccc4n2CC2CC2)n3C)C1C. The summed E-state index contributed by atoms with van der Waals surface area (Å²) < 4.78 is 10.4. The van der Waals surface area contributed by atoms with E-state index in [4.69, 9.17) is 15.5 Å². The van der Waals surface area contributed by atoms with Gasteiger partial charge in [0.2, 0.25) is 0 Å². The van der Waals surface area contributed by atoms with Gasteiger partial charge in [-0.15, -0.1) is 0 Å². The Morgan fingerprint density at radius 3 is 2.52 bits per heavy atom. The Hall–Kier alpha value is -4.36. The van der Waals surface area contributed by atoms with Crippen LogP contribution in [0.3, 0.4) is 0 Å². The van der Waals surface area contributed by atoms with Crippen molar-refractivity contribution in [1.29, 1.82) is 0 Å². The van der Waals surface area contributed by atoms with Gasteiger partial charge < -0.3 is 24.5 Å². The van der Waals surface area contributed by atoms with Crippen molar-refractivity contribution in [3.63, 3.8) is 0 Å². The number of aryl methyl sites for hydroxylation is 1. The van der Waals surface area contributed by atoms with Gasteiger partial charge in [-0.1, -0.05) is 55.5 Å². The van der Waals surface area contributed by atoms with Crippen molar-refractivity contribution in [1.82, 2.24) is 19.0 Å². The van der Waals surface area contributed by atoms with Gasteiger partial charge in [-0.2, -0.15) is 0 Å². The Morgan fingerprint density at radius 2 is 1.84 bits per heavy atom. The van der Waals surface area contributed by atoms with E-state index < -0.39 is 0 Å². The fourth-order valence-corrected chi connectivity index (χ4v) is 6.94. The topological polar surface area (TPSA) is 78.3 Å². The van der Waals surface area contributed by atoms with Gasteiger partial charge in [0.1, 0.15) is 11.3 Å². The lowest BCUT2D eigenvalue weighted by molar-refractivity contribution is -0.0403. The molecule has 2 N–H and O–H groups in total. The van der Waals surface area contributed by atoms with E-state index in [9.17, 15) is 4.79 Å². The number of nitrogens with two attached hydrogens (primary N) is 1. The van der Waals surface area contributed by atoms with Crippen molar-refractivity contribution in [3.05, 3.63) is 83.4 Å². The standard InChI is InChI=1S/C37H41N5O2/c1-5-37(22-38)23-42(24(37)2)36(43)29-18-30-34(33(20-29)44-4)40(3)35(39-30)32-19-28-17-26(12-11-25-9-7-6-8-10-25)15-16-31(28)41(32)21-27-13-14-27/h6-12,15-20,24,27H,5,13-14,21-23,38H2,1-4H3/b12-11+/t24?,37-/m1/s1. The van der Waals surface area contributed by atoms with Gasteiger partial charge in [-0.05, 0) is 73.6 Å². The van der Waals surface area contributed by atoms with E-state index in [2.05, 4.69) is 83.7 Å². The molecule has 0 radical (unpaired) electrons. The molecule has 0 spiro atoms. The Bertz CT molecular complexity index is 1890. The van der Waals surface area contributed by atoms with Crippen LogP contribution in [0.1, 0.15) is 54.6 Å². The zero-order chi connectivity index (χ0) is 30.6. The smallest absolute Gasteiger partial charge is 0.254 e. The van der Waals surface area contributed by atoms with Crippen LogP contribution >= 0.6 is 0 Å². The Labute approximate surface area is 258 Å². The molecule has 7 rings (SSSR count). The number of ether oxygens (including phenoxy) is 1. The lowest BCUT2D eigenvalue weighted by atomic mass is 9.70. The summed E-state index contributed by atoms with van der Waals surface area (Å²) in [6.07, 6.45) is 7.80. The third-order valence-corrected chi connectivity index (χ3v) is 10.2. The quantitative estimate of drug-likeness (QED) is 0.189. The Balaban J connectivity index is 1.28. The highest BCUT2D eigenvalue weighted by molar-refractivity contribution is 6.01. The molecule has 2 aliphatic rings. The molecule has 1 aliphatic heterocycles. The summed E-state index contributed by atoms with van der Waals surface area (Å²) in [5.41, 5.74) is 13.0. The number of fused-ring (bicyclic) bond motifs is 2. The number of nitrogens with zero attached hydrogens (tertiary/aromatic N) is 4. The molecule has 1 saturated heterocycles. The monoisotopic (exact) mass is 587 g/mol. The molecule has 7 heteroatoms. The van der Waals surface area contributed by atoms with Crippen LogP contribution in [0.5, 0.6) is 5.75 Å². The molecular weight excluding hydrogens is 546 g/mol. The van der Waals surface area contributed by atoms with Gasteiger partial charge in [0.15, 0.2) is 5.82 Å². The molecule has 1 amide bonds. The maximum Gasteiger partial charge on any atom is 0.254 e. The molecule has 1 aliphatic carbocycles. The van der Waals surface area contributed by atoms with Crippen LogP contribution in [0.25, 0.3) is 45.6 Å². The normalized spacial score (nSPS) is 20.1. The van der Waals surface area contributed by atoms with Crippen LogP contribution in [-0.4, -0.2) is 51.2 Å². The molecule has 5 aromatic rings. The second-order valence-electron chi connectivity index (χ2n) is 12.7. The molecule has 3 heterocycles. The first-order valence-electron chi connectivity index (χ1n) is 15.8. The summed E-state index contributed by atoms with van der Waals surface area (Å²) in [4.78, 5) is 20.8. The average molecular weight is 588 g/mol. The summed E-state index contributed by atoms with van der Waals surface area (Å²) >= 11 is 0. The molecule has 226 valence electrons. The summed E-state index contributed by atoms with van der Waals surface area (Å²) in [7, 11) is 3.70. The van der Waals surface area contributed by atoms with Crippen LogP contribution in [0, 0.1) is 11.3 Å². The van der Waals surface area contributed by atoms with E-state index in [1.807, 2.05) is 30.1 Å². The predicted molar refractivity (Wildman–Crippen MR) is 179 cm³/mol. The zero-order valence-corrected chi connectivity index (χ0v) is 26.1. The minimum atomic E-state index is -0.00577. The molecule has 7 nitrogen and oxygen atoms in total. The third kappa shape index (κ3) is 4.70. The first-order valence-corrected chi connectivity index (χ1v) is 15.8. The van der Waals surface area contributed by atoms with Gasteiger partial charge in [-0.25, -0.2) is 4.98 Å². The number of imidazole rings is 1. The van der Waals surface area contributed by atoms with Crippen molar-refractivity contribution in [3.8, 4) is 17.3 Å². The summed E-state index contributed by atoms with van der Waals surface area (Å²) in [6, 6.07) is 23.2. The second kappa shape index (κ2) is 11.0. The second-order valence-corrected chi connectivity index (χ2v) is 12.7. The third-order valence-electron chi connectivity index (χ3n) is 10.2. The number of aromatic nitrogens is 3. The number of likely N-dealkylation sites (tertiary alicyclic amines) is 1. The first kappa shape index (κ1) is 28.4. The van der Waals surface area contributed by atoms with E-state index in [0.29, 0.717) is 30.3 Å². The number of methoxy groups -OCH3 is 1. The molecule has 2 atom stereocenters. The van der Waals surface area contributed by atoms with E-state index in [-0.39, 0.29) is 17.4 Å². The van der Waals surface area contributed by atoms with Crippen LogP contribution in [0.2, 0.25) is 0 Å².